The summed E-state index contributed by atoms with van der Waals surface area (Å²) in [5.41, 5.74) is 2.97. The molecule has 30 heavy (non-hydrogen) atoms. The third kappa shape index (κ3) is 2.49. The fourth-order valence-corrected chi connectivity index (χ4v) is 5.44. The van der Waals surface area contributed by atoms with Crippen molar-refractivity contribution in [2.45, 2.75) is 31.3 Å². The molecule has 2 aromatic rings. The van der Waals surface area contributed by atoms with E-state index in [1.165, 1.54) is 6.07 Å². The highest BCUT2D eigenvalue weighted by molar-refractivity contribution is 9.10. The van der Waals surface area contributed by atoms with Crippen molar-refractivity contribution in [2.75, 3.05) is 9.80 Å². The van der Waals surface area contributed by atoms with Crippen LogP contribution in [0.3, 0.4) is 0 Å². The first kappa shape index (κ1) is 19.2. The molecule has 3 aliphatic rings. The summed E-state index contributed by atoms with van der Waals surface area (Å²) in [6.07, 6.45) is 2.57. The molecule has 0 bridgehead atoms. The van der Waals surface area contributed by atoms with Crippen LogP contribution in [0.5, 0.6) is 0 Å². The number of carbonyl (C=O) groups excluding carboxylic acids is 1. The zero-order valence-electron chi connectivity index (χ0n) is 15.8. The van der Waals surface area contributed by atoms with Gasteiger partial charge in [0.15, 0.2) is 5.11 Å². The molecule has 1 saturated carbocycles. The maximum Gasteiger partial charge on any atom is 0.251 e. The van der Waals surface area contributed by atoms with Crippen LogP contribution in [-0.2, 0) is 6.54 Å². The van der Waals surface area contributed by atoms with Crippen molar-refractivity contribution in [3.63, 3.8) is 0 Å². The summed E-state index contributed by atoms with van der Waals surface area (Å²) in [5.74, 6) is -0.611. The minimum absolute atomic E-state index is 0.203. The first-order valence-corrected chi connectivity index (χ1v) is 10.7. The van der Waals surface area contributed by atoms with Gasteiger partial charge in [-0.25, -0.2) is 4.39 Å². The Morgan fingerprint density at radius 3 is 2.70 bits per heavy atom. The molecular formula is C22H16BrFN4OS. The quantitative estimate of drug-likeness (QED) is 0.625. The second-order valence-electron chi connectivity index (χ2n) is 7.70. The second kappa shape index (κ2) is 6.62. The summed E-state index contributed by atoms with van der Waals surface area (Å²) in [6, 6.07) is 10.5. The lowest BCUT2D eigenvalue weighted by Gasteiger charge is -2.45. The number of nitrogens with one attached hydrogen (secondary N) is 1. The van der Waals surface area contributed by atoms with Crippen LogP contribution in [0.4, 0.5) is 15.8 Å². The number of hydrogen-bond donors (Lipinski definition) is 1. The second-order valence-corrected chi connectivity index (χ2v) is 8.92. The highest BCUT2D eigenvalue weighted by atomic mass is 79.9. The Bertz CT molecular complexity index is 1200. The van der Waals surface area contributed by atoms with Crippen LogP contribution in [0.15, 0.2) is 47.1 Å². The Morgan fingerprint density at radius 2 is 2.07 bits per heavy atom. The van der Waals surface area contributed by atoms with Gasteiger partial charge in [0, 0.05) is 28.0 Å². The molecule has 1 saturated heterocycles. The van der Waals surface area contributed by atoms with Crippen LogP contribution in [-0.4, -0.2) is 16.6 Å². The first-order chi connectivity index (χ1) is 14.4. The van der Waals surface area contributed by atoms with Gasteiger partial charge in [-0.1, -0.05) is 6.58 Å². The fraction of sp³-hybridized carbons (Fsp3) is 0.227. The molecule has 2 heterocycles. The number of rotatable bonds is 2. The number of nitrogens with zero attached hydrogens (tertiary/aromatic N) is 3. The molecule has 5 rings (SSSR count). The van der Waals surface area contributed by atoms with Gasteiger partial charge >= 0.3 is 0 Å². The van der Waals surface area contributed by atoms with E-state index < -0.39 is 11.4 Å². The maximum absolute atomic E-state index is 15.2. The van der Waals surface area contributed by atoms with Gasteiger partial charge in [-0.05, 0) is 83.3 Å². The molecule has 0 atom stereocenters. The number of amides is 1. The number of hydrogen-bond acceptors (Lipinski definition) is 3. The molecule has 1 spiro atoms. The van der Waals surface area contributed by atoms with E-state index in [1.54, 1.807) is 12.1 Å². The SMILES string of the molecule is C=C1N(c2ccc(C#N)c(Br)c2)C(=S)N(c2cc3c(cc2F)CNC3=O)C12CCC2. The lowest BCUT2D eigenvalue weighted by Crippen LogP contribution is -2.52. The smallest absolute Gasteiger partial charge is 0.251 e. The van der Waals surface area contributed by atoms with Crippen molar-refractivity contribution in [3.8, 4) is 6.07 Å². The maximum atomic E-state index is 15.2. The lowest BCUT2D eigenvalue weighted by atomic mass is 9.74. The number of nitriles is 1. The number of thiocarbonyl (C=S) groups is 1. The average molecular weight is 483 g/mol. The molecule has 2 fully saturated rings. The number of fused-ring (bicyclic) bond motifs is 1. The van der Waals surface area contributed by atoms with E-state index >= 15 is 4.39 Å². The summed E-state index contributed by atoms with van der Waals surface area (Å²) >= 11 is 9.24. The molecule has 150 valence electrons. The van der Waals surface area contributed by atoms with Gasteiger partial charge in [0.1, 0.15) is 11.9 Å². The van der Waals surface area contributed by atoms with Gasteiger partial charge in [0.2, 0.25) is 0 Å². The molecule has 1 N–H and O–H groups in total. The van der Waals surface area contributed by atoms with E-state index in [0.29, 0.717) is 38.5 Å². The zero-order chi connectivity index (χ0) is 21.2. The predicted octanol–water partition coefficient (Wildman–Crippen LogP) is 4.75. The molecule has 5 nitrogen and oxygen atoms in total. The molecule has 8 heteroatoms. The number of carbonyl (C=O) groups is 1. The van der Waals surface area contributed by atoms with Gasteiger partial charge in [0.05, 0.1) is 16.8 Å². The first-order valence-electron chi connectivity index (χ1n) is 9.51. The monoisotopic (exact) mass is 482 g/mol. The van der Waals surface area contributed by atoms with Crippen molar-refractivity contribution in [2.24, 2.45) is 0 Å². The fourth-order valence-electron chi connectivity index (χ4n) is 4.50. The Balaban J connectivity index is 1.64. The molecule has 0 radical (unpaired) electrons. The van der Waals surface area contributed by atoms with Gasteiger partial charge in [-0.3, -0.25) is 9.69 Å². The van der Waals surface area contributed by atoms with Gasteiger partial charge < -0.3 is 10.2 Å². The normalized spacial score (nSPS) is 19.0. The molecule has 2 aliphatic heterocycles. The van der Waals surface area contributed by atoms with E-state index in [1.807, 2.05) is 21.9 Å². The van der Waals surface area contributed by atoms with E-state index in [0.717, 1.165) is 30.6 Å². The number of halogens is 2. The summed E-state index contributed by atoms with van der Waals surface area (Å²) in [7, 11) is 0. The Labute approximate surface area is 186 Å². The van der Waals surface area contributed by atoms with Crippen LogP contribution >= 0.6 is 28.1 Å². The standard InChI is InChI=1S/C22H16BrFN4OS/c1-12-22(5-2-6-22)28(19-9-16-14(7-18(19)24)11-26-20(16)29)21(30)27(12)15-4-3-13(10-25)17(23)8-15/h3-4,7-9H,1-2,5-6,11H2,(H,26,29). The van der Waals surface area contributed by atoms with Crippen molar-refractivity contribution in [3.05, 3.63) is 69.6 Å². The predicted molar refractivity (Wildman–Crippen MR) is 120 cm³/mol. The average Bonchev–Trinajstić information content (AvgIpc) is 3.15. The van der Waals surface area contributed by atoms with Crippen molar-refractivity contribution in [1.29, 1.82) is 5.26 Å². The molecule has 1 aliphatic carbocycles. The third-order valence-corrected chi connectivity index (χ3v) is 7.25. The van der Waals surface area contributed by atoms with E-state index in [9.17, 15) is 10.1 Å². The minimum Gasteiger partial charge on any atom is -0.348 e. The van der Waals surface area contributed by atoms with Crippen molar-refractivity contribution in [1.82, 2.24) is 5.32 Å². The van der Waals surface area contributed by atoms with Crippen LogP contribution in [0.1, 0.15) is 40.7 Å². The number of anilines is 2. The summed E-state index contributed by atoms with van der Waals surface area (Å²) in [5, 5.41) is 12.4. The Hall–Kier alpha value is -2.76. The van der Waals surface area contributed by atoms with Gasteiger partial charge in [0.25, 0.3) is 5.91 Å². The van der Waals surface area contributed by atoms with E-state index in [4.69, 9.17) is 12.2 Å². The third-order valence-electron chi connectivity index (χ3n) is 6.23. The summed E-state index contributed by atoms with van der Waals surface area (Å²) in [6.45, 7) is 4.65. The van der Waals surface area contributed by atoms with Crippen LogP contribution < -0.4 is 15.1 Å². The molecule has 0 aromatic heterocycles. The molecule has 2 aromatic carbocycles. The molecule has 1 amide bonds. The van der Waals surface area contributed by atoms with E-state index in [-0.39, 0.29) is 5.91 Å². The Morgan fingerprint density at radius 1 is 1.30 bits per heavy atom. The van der Waals surface area contributed by atoms with Gasteiger partial charge in [-0.2, -0.15) is 5.26 Å². The highest BCUT2D eigenvalue weighted by Crippen LogP contribution is 2.53. The topological polar surface area (TPSA) is 59.4 Å². The largest absolute Gasteiger partial charge is 0.348 e. The summed E-state index contributed by atoms with van der Waals surface area (Å²) in [4.78, 5) is 15.8. The highest BCUT2D eigenvalue weighted by Gasteiger charge is 2.56. The molecule has 0 unspecified atom stereocenters. The van der Waals surface area contributed by atoms with E-state index in [2.05, 4.69) is 33.9 Å². The van der Waals surface area contributed by atoms with Crippen LogP contribution in [0.2, 0.25) is 0 Å². The van der Waals surface area contributed by atoms with Crippen molar-refractivity contribution < 1.29 is 9.18 Å². The zero-order valence-corrected chi connectivity index (χ0v) is 18.2. The van der Waals surface area contributed by atoms with Crippen LogP contribution in [0, 0.1) is 17.1 Å². The lowest BCUT2D eigenvalue weighted by molar-refractivity contribution is 0.0965. The van der Waals surface area contributed by atoms with Crippen LogP contribution in [0.25, 0.3) is 0 Å². The van der Waals surface area contributed by atoms with Gasteiger partial charge in [-0.15, -0.1) is 0 Å². The Kier molecular flexibility index (Phi) is 4.24. The number of benzene rings is 2. The molecular weight excluding hydrogens is 467 g/mol. The van der Waals surface area contributed by atoms with Crippen molar-refractivity contribution >= 4 is 50.5 Å². The minimum atomic E-state index is -0.512. The summed E-state index contributed by atoms with van der Waals surface area (Å²) < 4.78 is 15.8.